The van der Waals surface area contributed by atoms with Crippen molar-refractivity contribution in [2.45, 2.75) is 13.3 Å². The monoisotopic (exact) mass is 222 g/mol. The molecule has 86 valence electrons. The number of allylic oxidation sites excluding steroid dienone is 6. The van der Waals surface area contributed by atoms with Gasteiger partial charge in [-0.15, -0.1) is 0 Å². The molecule has 1 unspecified atom stereocenters. The van der Waals surface area contributed by atoms with E-state index in [2.05, 4.69) is 74.2 Å². The number of hydrogen-bond acceptors (Lipinski definition) is 0. The molecule has 0 saturated heterocycles. The second kappa shape index (κ2) is 5.01. The molecule has 0 fully saturated rings. The molecule has 0 nitrogen and oxygen atoms in total. The van der Waals surface area contributed by atoms with E-state index in [1.807, 2.05) is 6.07 Å². The molecule has 0 radical (unpaired) electrons. The van der Waals surface area contributed by atoms with E-state index in [1.54, 1.807) is 0 Å². The molecular formula is C17H18. The van der Waals surface area contributed by atoms with E-state index in [9.17, 15) is 0 Å². The van der Waals surface area contributed by atoms with Gasteiger partial charge in [-0.05, 0) is 18.9 Å². The third-order valence-electron chi connectivity index (χ3n) is 3.26. The topological polar surface area (TPSA) is 0 Å². The van der Waals surface area contributed by atoms with Crippen molar-refractivity contribution in [1.82, 2.24) is 0 Å². The second-order valence-electron chi connectivity index (χ2n) is 4.56. The van der Waals surface area contributed by atoms with Gasteiger partial charge in [0.15, 0.2) is 0 Å². The molecule has 17 heavy (non-hydrogen) atoms. The summed E-state index contributed by atoms with van der Waals surface area (Å²) in [4.78, 5) is 0. The van der Waals surface area contributed by atoms with Crippen LogP contribution in [-0.4, -0.2) is 0 Å². The summed E-state index contributed by atoms with van der Waals surface area (Å²) in [5.41, 5.74) is 2.41. The molecule has 0 heteroatoms. The molecule has 1 aliphatic carbocycles. The van der Waals surface area contributed by atoms with Crippen molar-refractivity contribution in [2.75, 3.05) is 0 Å². The van der Waals surface area contributed by atoms with Gasteiger partial charge in [0.2, 0.25) is 0 Å². The van der Waals surface area contributed by atoms with Crippen LogP contribution in [0.5, 0.6) is 0 Å². The van der Waals surface area contributed by atoms with Crippen LogP contribution in [0.3, 0.4) is 0 Å². The Morgan fingerprint density at radius 2 is 2.00 bits per heavy atom. The SMILES string of the molecule is C=C(C)C1(C=Cc2ccccc2)C=CC=CC1. The molecule has 0 bridgehead atoms. The summed E-state index contributed by atoms with van der Waals surface area (Å²) in [5, 5.41) is 0. The molecule has 0 aliphatic heterocycles. The third-order valence-corrected chi connectivity index (χ3v) is 3.26. The van der Waals surface area contributed by atoms with Crippen LogP contribution in [0.2, 0.25) is 0 Å². The van der Waals surface area contributed by atoms with Gasteiger partial charge in [-0.25, -0.2) is 0 Å². The quantitative estimate of drug-likeness (QED) is 0.646. The molecule has 0 amide bonds. The largest absolute Gasteiger partial charge is 0.0989 e. The maximum atomic E-state index is 4.13. The van der Waals surface area contributed by atoms with Gasteiger partial charge in [0.05, 0.1) is 0 Å². The number of rotatable bonds is 3. The summed E-state index contributed by atoms with van der Waals surface area (Å²) in [5.74, 6) is 0. The minimum atomic E-state index is -0.00933. The van der Waals surface area contributed by atoms with E-state index in [0.717, 1.165) is 6.42 Å². The van der Waals surface area contributed by atoms with Crippen molar-refractivity contribution in [1.29, 1.82) is 0 Å². The van der Waals surface area contributed by atoms with Gasteiger partial charge < -0.3 is 0 Å². The van der Waals surface area contributed by atoms with Crippen molar-refractivity contribution in [2.24, 2.45) is 5.41 Å². The van der Waals surface area contributed by atoms with Gasteiger partial charge in [-0.1, -0.05) is 78.9 Å². The van der Waals surface area contributed by atoms with E-state index >= 15 is 0 Å². The lowest BCUT2D eigenvalue weighted by Crippen LogP contribution is -2.16. The van der Waals surface area contributed by atoms with Crippen molar-refractivity contribution in [3.05, 3.63) is 78.4 Å². The van der Waals surface area contributed by atoms with Crippen LogP contribution in [-0.2, 0) is 0 Å². The molecule has 0 aromatic heterocycles. The van der Waals surface area contributed by atoms with Crippen molar-refractivity contribution < 1.29 is 0 Å². The Morgan fingerprint density at radius 3 is 2.59 bits per heavy atom. The van der Waals surface area contributed by atoms with Crippen molar-refractivity contribution >= 4 is 6.08 Å². The fourth-order valence-corrected chi connectivity index (χ4v) is 2.03. The van der Waals surface area contributed by atoms with Gasteiger partial charge in [0.25, 0.3) is 0 Å². The minimum absolute atomic E-state index is 0.00933. The Labute approximate surface area is 104 Å². The standard InChI is InChI=1S/C17H18/c1-15(2)17(12-7-4-8-13-17)14-11-16-9-5-3-6-10-16/h3-12,14H,1,13H2,2H3. The summed E-state index contributed by atoms with van der Waals surface area (Å²) < 4.78 is 0. The summed E-state index contributed by atoms with van der Waals surface area (Å²) in [7, 11) is 0. The van der Waals surface area contributed by atoms with Crippen LogP contribution in [0.1, 0.15) is 18.9 Å². The molecular weight excluding hydrogens is 204 g/mol. The van der Waals surface area contributed by atoms with Crippen LogP contribution in [0.15, 0.2) is 72.9 Å². The fraction of sp³-hybridized carbons (Fsp3) is 0.176. The molecule has 2 rings (SSSR count). The predicted octanol–water partition coefficient (Wildman–Crippen LogP) is 4.78. The minimum Gasteiger partial charge on any atom is -0.0989 e. The molecule has 1 aromatic rings. The highest BCUT2D eigenvalue weighted by Gasteiger charge is 2.24. The Balaban J connectivity index is 2.25. The van der Waals surface area contributed by atoms with Gasteiger partial charge in [-0.2, -0.15) is 0 Å². The molecule has 1 aliphatic rings. The predicted molar refractivity (Wildman–Crippen MR) is 75.6 cm³/mol. The maximum absolute atomic E-state index is 4.13. The highest BCUT2D eigenvalue weighted by Crippen LogP contribution is 2.36. The Bertz CT molecular complexity index is 474. The Morgan fingerprint density at radius 1 is 1.24 bits per heavy atom. The second-order valence-corrected chi connectivity index (χ2v) is 4.56. The lowest BCUT2D eigenvalue weighted by molar-refractivity contribution is 0.595. The van der Waals surface area contributed by atoms with Crippen molar-refractivity contribution in [3.8, 4) is 0 Å². The molecule has 0 heterocycles. The first-order valence-corrected chi connectivity index (χ1v) is 5.98. The van der Waals surface area contributed by atoms with Crippen LogP contribution in [0, 0.1) is 5.41 Å². The Hall–Kier alpha value is -1.82. The van der Waals surface area contributed by atoms with Crippen LogP contribution < -0.4 is 0 Å². The average Bonchev–Trinajstić information content (AvgIpc) is 2.38. The highest BCUT2D eigenvalue weighted by atomic mass is 14.3. The summed E-state index contributed by atoms with van der Waals surface area (Å²) >= 11 is 0. The zero-order valence-corrected chi connectivity index (χ0v) is 10.3. The smallest absolute Gasteiger partial charge is 0.0306 e. The third kappa shape index (κ3) is 2.65. The zero-order chi connectivity index (χ0) is 12.1. The van der Waals surface area contributed by atoms with Gasteiger partial charge in [0, 0.05) is 5.41 Å². The molecule has 1 aromatic carbocycles. The number of hydrogen-bond donors (Lipinski definition) is 0. The zero-order valence-electron chi connectivity index (χ0n) is 10.3. The van der Waals surface area contributed by atoms with Crippen LogP contribution >= 0.6 is 0 Å². The van der Waals surface area contributed by atoms with Crippen LogP contribution in [0.25, 0.3) is 6.08 Å². The molecule has 1 atom stereocenters. The lowest BCUT2D eigenvalue weighted by atomic mass is 9.76. The van der Waals surface area contributed by atoms with E-state index < -0.39 is 0 Å². The van der Waals surface area contributed by atoms with E-state index in [4.69, 9.17) is 0 Å². The Kier molecular flexibility index (Phi) is 3.43. The molecule has 0 saturated carbocycles. The summed E-state index contributed by atoms with van der Waals surface area (Å²) in [6, 6.07) is 10.4. The normalized spacial score (nSPS) is 23.1. The lowest BCUT2D eigenvalue weighted by Gasteiger charge is -2.28. The van der Waals surface area contributed by atoms with Gasteiger partial charge in [-0.3, -0.25) is 0 Å². The van der Waals surface area contributed by atoms with Gasteiger partial charge in [0.1, 0.15) is 0 Å². The maximum Gasteiger partial charge on any atom is 0.0306 e. The van der Waals surface area contributed by atoms with Gasteiger partial charge >= 0.3 is 0 Å². The van der Waals surface area contributed by atoms with E-state index in [-0.39, 0.29) is 5.41 Å². The summed E-state index contributed by atoms with van der Waals surface area (Å²) in [6.07, 6.45) is 14.1. The van der Waals surface area contributed by atoms with Crippen LogP contribution in [0.4, 0.5) is 0 Å². The average molecular weight is 222 g/mol. The van der Waals surface area contributed by atoms with E-state index in [0.29, 0.717) is 0 Å². The first-order valence-electron chi connectivity index (χ1n) is 5.98. The number of benzene rings is 1. The molecule has 0 spiro atoms. The first kappa shape index (κ1) is 11.7. The highest BCUT2D eigenvalue weighted by molar-refractivity contribution is 5.52. The van der Waals surface area contributed by atoms with Crippen molar-refractivity contribution in [3.63, 3.8) is 0 Å². The molecule has 0 N–H and O–H groups in total. The first-order chi connectivity index (χ1) is 8.23. The fourth-order valence-electron chi connectivity index (χ4n) is 2.03. The summed E-state index contributed by atoms with van der Waals surface area (Å²) in [6.45, 7) is 6.22. The van der Waals surface area contributed by atoms with E-state index in [1.165, 1.54) is 11.1 Å².